The minimum atomic E-state index is -4.39. The molecule has 1 aromatic carbocycles. The fourth-order valence-corrected chi connectivity index (χ4v) is 1.65. The second-order valence-electron chi connectivity index (χ2n) is 4.16. The van der Waals surface area contributed by atoms with Gasteiger partial charge in [-0.1, -0.05) is 0 Å². The minimum Gasteiger partial charge on any atom is -0.352 e. The van der Waals surface area contributed by atoms with Gasteiger partial charge in [-0.15, -0.1) is 0 Å². The normalized spacial score (nSPS) is 11.3. The Morgan fingerprint density at radius 3 is 2.45 bits per heavy atom. The number of alkyl halides is 3. The smallest absolute Gasteiger partial charge is 0.352 e. The average molecular weight is 283 g/mol. The average Bonchev–Trinajstić information content (AvgIpc) is 2.91. The van der Waals surface area contributed by atoms with E-state index in [1.165, 1.54) is 0 Å². The molecule has 2 rings (SSSR count). The first-order valence-electron chi connectivity index (χ1n) is 5.90. The van der Waals surface area contributed by atoms with Crippen molar-refractivity contribution in [3.05, 3.63) is 53.3 Å². The maximum Gasteiger partial charge on any atom is 0.416 e. The first-order chi connectivity index (χ1) is 9.47. The summed E-state index contributed by atoms with van der Waals surface area (Å²) in [6, 6.07) is 5.89. The van der Waals surface area contributed by atoms with Crippen LogP contribution in [0.5, 0.6) is 0 Å². The molecule has 0 aliphatic heterocycles. The Morgan fingerprint density at radius 2 is 1.90 bits per heavy atom. The summed E-state index contributed by atoms with van der Waals surface area (Å²) >= 11 is 0. The maximum absolute atomic E-state index is 12.4. The lowest BCUT2D eigenvalue weighted by atomic mass is 10.1. The number of hydrogen-bond donors (Lipinski definition) is 2. The van der Waals surface area contributed by atoms with Gasteiger partial charge in [-0.3, -0.25) is 9.89 Å². The van der Waals surface area contributed by atoms with Crippen molar-refractivity contribution in [2.75, 3.05) is 6.54 Å². The molecule has 20 heavy (non-hydrogen) atoms. The molecule has 0 bridgehead atoms. The third-order valence-electron chi connectivity index (χ3n) is 2.71. The SMILES string of the molecule is O=C(NCCc1ccn[nH]1)c1ccc(C(F)(F)F)cc1. The molecule has 0 aliphatic rings. The lowest BCUT2D eigenvalue weighted by molar-refractivity contribution is -0.137. The molecule has 2 N–H and O–H groups in total. The summed E-state index contributed by atoms with van der Waals surface area (Å²) in [7, 11) is 0. The van der Waals surface area contributed by atoms with Gasteiger partial charge in [0, 0.05) is 30.4 Å². The highest BCUT2D eigenvalue weighted by Crippen LogP contribution is 2.28. The number of H-pyrrole nitrogens is 1. The zero-order valence-electron chi connectivity index (χ0n) is 10.4. The molecule has 0 unspecified atom stereocenters. The summed E-state index contributed by atoms with van der Waals surface area (Å²) in [4.78, 5) is 11.7. The zero-order valence-corrected chi connectivity index (χ0v) is 10.4. The Hall–Kier alpha value is -2.31. The van der Waals surface area contributed by atoms with E-state index in [0.717, 1.165) is 30.0 Å². The van der Waals surface area contributed by atoms with Gasteiger partial charge in [-0.25, -0.2) is 0 Å². The Labute approximate surface area is 113 Å². The fraction of sp³-hybridized carbons (Fsp3) is 0.231. The topological polar surface area (TPSA) is 57.8 Å². The van der Waals surface area contributed by atoms with Crippen molar-refractivity contribution in [1.82, 2.24) is 15.5 Å². The number of nitrogens with one attached hydrogen (secondary N) is 2. The van der Waals surface area contributed by atoms with Crippen LogP contribution in [0.15, 0.2) is 36.5 Å². The van der Waals surface area contributed by atoms with Crippen LogP contribution in [0.25, 0.3) is 0 Å². The van der Waals surface area contributed by atoms with Crippen LogP contribution in [0.3, 0.4) is 0 Å². The number of rotatable bonds is 4. The van der Waals surface area contributed by atoms with Gasteiger partial charge in [0.1, 0.15) is 0 Å². The highest BCUT2D eigenvalue weighted by atomic mass is 19.4. The quantitative estimate of drug-likeness (QED) is 0.905. The van der Waals surface area contributed by atoms with Crippen molar-refractivity contribution >= 4 is 5.91 Å². The van der Waals surface area contributed by atoms with E-state index in [-0.39, 0.29) is 5.56 Å². The number of aromatic nitrogens is 2. The molecule has 0 spiro atoms. The molecule has 0 aliphatic carbocycles. The Kier molecular flexibility index (Phi) is 4.07. The summed E-state index contributed by atoms with van der Waals surface area (Å²) in [5.74, 6) is -0.404. The molecule has 0 radical (unpaired) electrons. The number of carbonyl (C=O) groups is 1. The van der Waals surface area contributed by atoms with Crippen molar-refractivity contribution in [2.45, 2.75) is 12.6 Å². The predicted molar refractivity (Wildman–Crippen MR) is 66.1 cm³/mol. The van der Waals surface area contributed by atoms with Crippen LogP contribution in [-0.2, 0) is 12.6 Å². The van der Waals surface area contributed by atoms with E-state index < -0.39 is 17.6 Å². The fourth-order valence-electron chi connectivity index (χ4n) is 1.65. The molecule has 0 fully saturated rings. The molecule has 1 amide bonds. The molecule has 0 atom stereocenters. The van der Waals surface area contributed by atoms with Gasteiger partial charge in [-0.05, 0) is 30.3 Å². The standard InChI is InChI=1S/C13H12F3N3O/c14-13(15,16)10-3-1-9(2-4-10)12(20)17-7-5-11-6-8-18-19-11/h1-4,6,8H,5,7H2,(H,17,20)(H,18,19). The molecule has 4 nitrogen and oxygen atoms in total. The predicted octanol–water partition coefficient (Wildman–Crippen LogP) is 2.40. The van der Waals surface area contributed by atoms with E-state index in [9.17, 15) is 18.0 Å². The summed E-state index contributed by atoms with van der Waals surface area (Å²) < 4.78 is 37.1. The van der Waals surface area contributed by atoms with E-state index in [1.807, 2.05) is 0 Å². The number of amides is 1. The molecular formula is C13H12F3N3O. The number of benzene rings is 1. The lowest BCUT2D eigenvalue weighted by Gasteiger charge is -2.08. The maximum atomic E-state index is 12.4. The van der Waals surface area contributed by atoms with Crippen molar-refractivity contribution < 1.29 is 18.0 Å². The van der Waals surface area contributed by atoms with Gasteiger partial charge in [0.05, 0.1) is 5.56 Å². The van der Waals surface area contributed by atoms with E-state index >= 15 is 0 Å². The lowest BCUT2D eigenvalue weighted by Crippen LogP contribution is -2.25. The number of hydrogen-bond acceptors (Lipinski definition) is 2. The third-order valence-corrected chi connectivity index (χ3v) is 2.71. The van der Waals surface area contributed by atoms with Gasteiger partial charge >= 0.3 is 6.18 Å². The number of nitrogens with zero attached hydrogens (tertiary/aromatic N) is 1. The van der Waals surface area contributed by atoms with Gasteiger partial charge < -0.3 is 5.32 Å². The van der Waals surface area contributed by atoms with Crippen LogP contribution in [0.4, 0.5) is 13.2 Å². The van der Waals surface area contributed by atoms with Crippen molar-refractivity contribution in [3.63, 3.8) is 0 Å². The second-order valence-corrected chi connectivity index (χ2v) is 4.16. The van der Waals surface area contributed by atoms with Crippen LogP contribution in [0.2, 0.25) is 0 Å². The first kappa shape index (κ1) is 14.1. The molecule has 7 heteroatoms. The molecule has 106 valence electrons. The molecule has 1 aromatic heterocycles. The molecule has 1 heterocycles. The van der Waals surface area contributed by atoms with E-state index in [4.69, 9.17) is 0 Å². The number of halogens is 3. The zero-order chi connectivity index (χ0) is 14.6. The van der Waals surface area contributed by atoms with Gasteiger partial charge in [0.2, 0.25) is 0 Å². The highest BCUT2D eigenvalue weighted by molar-refractivity contribution is 5.94. The summed E-state index contributed by atoms with van der Waals surface area (Å²) in [6.07, 6.45) is -2.21. The van der Waals surface area contributed by atoms with E-state index in [1.54, 1.807) is 12.3 Å². The van der Waals surface area contributed by atoms with Crippen LogP contribution in [-0.4, -0.2) is 22.6 Å². The van der Waals surface area contributed by atoms with Gasteiger partial charge in [0.15, 0.2) is 0 Å². The highest BCUT2D eigenvalue weighted by Gasteiger charge is 2.30. The van der Waals surface area contributed by atoms with E-state index in [2.05, 4.69) is 15.5 Å². The van der Waals surface area contributed by atoms with Crippen molar-refractivity contribution in [1.29, 1.82) is 0 Å². The number of carbonyl (C=O) groups excluding carboxylic acids is 1. The largest absolute Gasteiger partial charge is 0.416 e. The first-order valence-corrected chi connectivity index (χ1v) is 5.90. The monoisotopic (exact) mass is 283 g/mol. The third kappa shape index (κ3) is 3.59. The van der Waals surface area contributed by atoms with Crippen LogP contribution < -0.4 is 5.32 Å². The van der Waals surface area contributed by atoms with Crippen LogP contribution in [0.1, 0.15) is 21.6 Å². The Morgan fingerprint density at radius 1 is 1.20 bits per heavy atom. The van der Waals surface area contributed by atoms with Gasteiger partial charge in [0.25, 0.3) is 5.91 Å². The summed E-state index contributed by atoms with van der Waals surface area (Å²) in [6.45, 7) is 0.377. The second kappa shape index (κ2) is 5.77. The van der Waals surface area contributed by atoms with Crippen molar-refractivity contribution in [2.24, 2.45) is 0 Å². The van der Waals surface area contributed by atoms with Gasteiger partial charge in [-0.2, -0.15) is 18.3 Å². The van der Waals surface area contributed by atoms with Crippen molar-refractivity contribution in [3.8, 4) is 0 Å². The summed E-state index contributed by atoms with van der Waals surface area (Å²) in [5.41, 5.74) is 0.298. The number of aromatic amines is 1. The van der Waals surface area contributed by atoms with Crippen LogP contribution in [0, 0.1) is 0 Å². The Balaban J connectivity index is 1.89. The molecular weight excluding hydrogens is 271 g/mol. The summed E-state index contributed by atoms with van der Waals surface area (Å²) in [5, 5.41) is 9.14. The minimum absolute atomic E-state index is 0.197. The molecule has 0 saturated heterocycles. The Bertz CT molecular complexity index is 562. The van der Waals surface area contributed by atoms with E-state index in [0.29, 0.717) is 13.0 Å². The molecule has 0 saturated carbocycles. The van der Waals surface area contributed by atoms with Crippen LogP contribution >= 0.6 is 0 Å². The molecule has 2 aromatic rings.